The molecule has 0 fully saturated rings. The number of rotatable bonds is 11. The van der Waals surface area contributed by atoms with Crippen molar-refractivity contribution in [3.63, 3.8) is 0 Å². The lowest BCUT2D eigenvalue weighted by molar-refractivity contribution is 0.799. The van der Waals surface area contributed by atoms with Crippen LogP contribution in [0.1, 0.15) is 18.1 Å². The molecule has 0 atom stereocenters. The number of para-hydroxylation sites is 3. The molecule has 0 unspecified atom stereocenters. The van der Waals surface area contributed by atoms with Gasteiger partial charge in [-0.1, -0.05) is 152 Å². The van der Waals surface area contributed by atoms with Gasteiger partial charge in [-0.05, 0) is 126 Å². The van der Waals surface area contributed by atoms with E-state index in [-0.39, 0.29) is 0 Å². The zero-order chi connectivity index (χ0) is 45.0. The molecule has 3 aromatic heterocycles. The normalized spacial score (nSPS) is 11.7. The van der Waals surface area contributed by atoms with Crippen LogP contribution in [0.3, 0.4) is 0 Å². The van der Waals surface area contributed by atoms with E-state index in [0.717, 1.165) is 23.6 Å². The average molecular weight is 852 g/mol. The third-order valence-corrected chi connectivity index (χ3v) is 12.5. The van der Waals surface area contributed by atoms with Crippen molar-refractivity contribution in [1.82, 2.24) is 13.7 Å². The molecule has 0 saturated heterocycles. The van der Waals surface area contributed by atoms with Crippen LogP contribution in [0.4, 0.5) is 5.82 Å². The topological polar surface area (TPSA) is 39.5 Å². The number of hydrogen-bond acceptors (Lipinski definition) is 2. The zero-order valence-electron chi connectivity index (χ0n) is 37.1. The van der Waals surface area contributed by atoms with E-state index in [1.165, 1.54) is 87.8 Å². The lowest BCUT2D eigenvalue weighted by Crippen LogP contribution is -1.94. The molecule has 0 radical (unpaired) electrons. The van der Waals surface area contributed by atoms with Crippen LogP contribution in [-0.4, -0.2) is 27.1 Å². The van der Waals surface area contributed by atoms with Crippen LogP contribution in [0.2, 0.25) is 0 Å². The minimum atomic E-state index is 0.543. The second kappa shape index (κ2) is 18.3. The number of benzene rings is 8. The Balaban J connectivity index is 0.000000158. The Morgan fingerprint density at radius 3 is 1.92 bits per heavy atom. The molecule has 0 spiro atoms. The predicted molar refractivity (Wildman–Crippen MR) is 284 cm³/mol. The maximum atomic E-state index is 4.34. The van der Waals surface area contributed by atoms with Crippen LogP contribution in [0.15, 0.2) is 235 Å². The van der Waals surface area contributed by atoms with Gasteiger partial charge in [0.25, 0.3) is 0 Å². The van der Waals surface area contributed by atoms with Crippen LogP contribution < -0.4 is 0 Å². The summed E-state index contributed by atoms with van der Waals surface area (Å²) in [5.74, 6) is 0.900. The number of aliphatic imine (C=N–C) groups is 2. The Labute approximate surface area is 385 Å². The van der Waals surface area contributed by atoms with E-state index in [1.807, 2.05) is 37.3 Å². The highest BCUT2D eigenvalue weighted by Gasteiger charge is 2.16. The Morgan fingerprint density at radius 2 is 1.18 bits per heavy atom. The van der Waals surface area contributed by atoms with Crippen LogP contribution in [0.25, 0.3) is 88.0 Å². The number of nitrogens with zero attached hydrogens (tertiary/aromatic N) is 5. The summed E-state index contributed by atoms with van der Waals surface area (Å²) in [5.41, 5.74) is 14.2. The summed E-state index contributed by atoms with van der Waals surface area (Å²) in [7, 11) is 0. The van der Waals surface area contributed by atoms with E-state index in [1.54, 1.807) is 0 Å². The van der Waals surface area contributed by atoms with Crippen molar-refractivity contribution in [2.45, 2.75) is 20.0 Å². The highest BCUT2D eigenvalue weighted by molar-refractivity contribution is 6.13. The van der Waals surface area contributed by atoms with Gasteiger partial charge in [-0.15, -0.1) is 0 Å². The number of hydrogen-bond donors (Lipinski definition) is 0. The number of allylic oxidation sites excluding steroid dienone is 5. The maximum absolute atomic E-state index is 4.34. The van der Waals surface area contributed by atoms with Gasteiger partial charge in [-0.3, -0.25) is 4.99 Å². The summed E-state index contributed by atoms with van der Waals surface area (Å²) in [4.78, 5) is 8.50. The lowest BCUT2D eigenvalue weighted by Gasteiger charge is -2.10. The van der Waals surface area contributed by atoms with E-state index in [2.05, 4.69) is 232 Å². The molecule has 3 heterocycles. The molecule has 0 saturated carbocycles. The van der Waals surface area contributed by atoms with Crippen LogP contribution >= 0.6 is 0 Å². The van der Waals surface area contributed by atoms with Crippen molar-refractivity contribution < 1.29 is 0 Å². The van der Waals surface area contributed by atoms with Gasteiger partial charge in [-0.25, -0.2) is 4.99 Å². The largest absolute Gasteiger partial charge is 0.320 e. The fourth-order valence-corrected chi connectivity index (χ4v) is 9.47. The first-order valence-electron chi connectivity index (χ1n) is 22.3. The summed E-state index contributed by atoms with van der Waals surface area (Å²) in [5, 5.41) is 7.48. The molecule has 0 bridgehead atoms. The summed E-state index contributed by atoms with van der Waals surface area (Å²) in [6.45, 7) is 14.2. The number of aromatic nitrogens is 3. The predicted octanol–water partition coefficient (Wildman–Crippen LogP) is 16.1. The minimum absolute atomic E-state index is 0.543. The fourth-order valence-electron chi connectivity index (χ4n) is 9.47. The lowest BCUT2D eigenvalue weighted by atomic mass is 9.96. The van der Waals surface area contributed by atoms with Crippen molar-refractivity contribution >= 4 is 79.3 Å². The van der Waals surface area contributed by atoms with Crippen molar-refractivity contribution in [2.24, 2.45) is 9.98 Å². The highest BCUT2D eigenvalue weighted by atomic mass is 15.1. The molecule has 8 aromatic carbocycles. The van der Waals surface area contributed by atoms with Gasteiger partial charge >= 0.3 is 0 Å². The summed E-state index contributed by atoms with van der Waals surface area (Å²) in [6.07, 6.45) is 11.0. The first-order chi connectivity index (χ1) is 32.6. The molecule has 318 valence electrons. The smallest absolute Gasteiger partial charge is 0.139 e. The quantitative estimate of drug-likeness (QED) is 0.0919. The van der Waals surface area contributed by atoms with Crippen molar-refractivity contribution in [3.05, 3.63) is 236 Å². The van der Waals surface area contributed by atoms with Crippen LogP contribution in [0.5, 0.6) is 0 Å². The van der Waals surface area contributed by atoms with Crippen molar-refractivity contribution in [1.29, 1.82) is 0 Å². The van der Waals surface area contributed by atoms with E-state index < -0.39 is 0 Å². The third kappa shape index (κ3) is 7.67. The first kappa shape index (κ1) is 41.5. The molecule has 5 heteroatoms. The van der Waals surface area contributed by atoms with Crippen molar-refractivity contribution in [3.8, 4) is 27.9 Å². The molecule has 0 aliphatic carbocycles. The van der Waals surface area contributed by atoms with Gasteiger partial charge in [0.2, 0.25) is 0 Å². The molecule has 0 N–H and O–H groups in total. The molecule has 0 amide bonds. The second-order valence-corrected chi connectivity index (χ2v) is 16.4. The van der Waals surface area contributed by atoms with Crippen LogP contribution in [-0.2, 0) is 13.1 Å². The maximum Gasteiger partial charge on any atom is 0.139 e. The summed E-state index contributed by atoms with van der Waals surface area (Å²) in [6, 6.07) is 66.8. The molecular formula is C61H49N5. The Bertz CT molecular complexity index is 3660. The third-order valence-electron chi connectivity index (χ3n) is 12.5. The molecule has 11 rings (SSSR count). The van der Waals surface area contributed by atoms with E-state index >= 15 is 0 Å². The minimum Gasteiger partial charge on any atom is -0.320 e. The number of fused-ring (bicyclic) bond motifs is 7. The van der Waals surface area contributed by atoms with Crippen molar-refractivity contribution in [2.75, 3.05) is 0 Å². The van der Waals surface area contributed by atoms with E-state index in [0.29, 0.717) is 6.67 Å². The zero-order valence-corrected chi connectivity index (χ0v) is 37.1. The van der Waals surface area contributed by atoms with Gasteiger partial charge in [0.1, 0.15) is 12.5 Å². The van der Waals surface area contributed by atoms with Gasteiger partial charge in [-0.2, -0.15) is 0 Å². The van der Waals surface area contributed by atoms with Crippen LogP contribution in [0, 0.1) is 0 Å². The molecule has 0 aliphatic heterocycles. The van der Waals surface area contributed by atoms with Gasteiger partial charge in [0, 0.05) is 51.1 Å². The summed E-state index contributed by atoms with van der Waals surface area (Å²) >= 11 is 0. The molecule has 0 aliphatic rings. The standard InChI is InChI=1S/C33H27N3.C28H22N2/c1-4-6-11-25(5-2)36-32-15-10-8-13-27(32)29-21-24(17-19-33(29)36)23-16-18-31-28(20-23)26-12-7-9-14-30(26)35(31)22-34-3;1-29-28-24(17-18-30(28)25-13-3-2-4-14-25)20-21-9-7-12-23(19-21)27-16-8-11-22-10-5-6-15-26(22)27/h4-21H,2-3,22H2,1H3;2-19H,1,20H2/b6-4-,25-11+;. The Hall–Kier alpha value is -8.54. The van der Waals surface area contributed by atoms with Gasteiger partial charge in [0.05, 0.1) is 22.1 Å². The van der Waals surface area contributed by atoms with Gasteiger partial charge in [0.15, 0.2) is 0 Å². The van der Waals surface area contributed by atoms with E-state index in [4.69, 9.17) is 0 Å². The molecule has 11 aromatic rings. The molecular weight excluding hydrogens is 803 g/mol. The van der Waals surface area contributed by atoms with E-state index in [9.17, 15) is 0 Å². The second-order valence-electron chi connectivity index (χ2n) is 16.4. The fraction of sp³-hybridized carbons (Fsp3) is 0.0492. The Kier molecular flexibility index (Phi) is 11.5. The molecule has 66 heavy (non-hydrogen) atoms. The highest BCUT2D eigenvalue weighted by Crippen LogP contribution is 2.38. The molecule has 5 nitrogen and oxygen atoms in total. The summed E-state index contributed by atoms with van der Waals surface area (Å²) < 4.78 is 6.61. The monoisotopic (exact) mass is 851 g/mol. The first-order valence-corrected chi connectivity index (χ1v) is 22.3. The average Bonchev–Trinajstić information content (AvgIpc) is 4.04. The van der Waals surface area contributed by atoms with Gasteiger partial charge < -0.3 is 13.7 Å². The Morgan fingerprint density at radius 1 is 0.561 bits per heavy atom. The SMILES string of the molecule is C=C/C(=C\C=C/C)n1c2ccccc2c2cc(-c3ccc4c(c3)c3ccccc3n4CN=C)ccc21.C=Nc1c(Cc2cccc(-c3cccc4ccccc34)c2)ccn1-c1ccccc1.